The van der Waals surface area contributed by atoms with E-state index in [1.165, 1.54) is 0 Å². The summed E-state index contributed by atoms with van der Waals surface area (Å²) in [6.45, 7) is 17.8. The van der Waals surface area contributed by atoms with Crippen molar-refractivity contribution in [2.45, 2.75) is 0 Å². The number of aromatic nitrogens is 4. The van der Waals surface area contributed by atoms with Gasteiger partial charge in [0, 0.05) is 91.6 Å². The monoisotopic (exact) mass is 889 g/mol. The summed E-state index contributed by atoms with van der Waals surface area (Å²) in [5.74, 6) is 4.04. The molecule has 0 aliphatic carbocycles. The smallest absolute Gasteiger partial charge is 0.356 e. The molecule has 0 saturated carbocycles. The van der Waals surface area contributed by atoms with Crippen LogP contribution < -0.4 is 21.3 Å². The van der Waals surface area contributed by atoms with Crippen LogP contribution >= 0.6 is 0 Å². The van der Waals surface area contributed by atoms with Crippen LogP contribution in [0.2, 0.25) is 0 Å². The van der Waals surface area contributed by atoms with Gasteiger partial charge < -0.3 is 40.5 Å². The standard InChI is InChI=1S/C27H35N8O.C21H33N7O.H2/c1-33(2)16-17-34(3)27-24(32-31-23-12-8-5-9-13-23)26(28-14-15-35-18-20-36-21-19-35)29-25(30-27)22-10-6-4-7-11-22;1-26(2)11-12-27(3)21-18(22)20(23-9-10-28-13-15-29-16-14-28)24-19(25-21)17-7-5-4-6-8-17;/h4-13H,3,14-21H2,1-2H3,(H,28,29,30);4-8H,9-16,22H2,1-3H3,(H,23,24,25);1H/q+1;;. The maximum atomic E-state index is 6.48. The fourth-order valence-corrected chi connectivity index (χ4v) is 6.99. The van der Waals surface area contributed by atoms with E-state index in [1.807, 2.05) is 117 Å². The van der Waals surface area contributed by atoms with Crippen molar-refractivity contribution in [2.75, 3.05) is 161 Å². The molecule has 0 amide bonds. The van der Waals surface area contributed by atoms with E-state index in [2.05, 4.69) is 66.2 Å². The van der Waals surface area contributed by atoms with Gasteiger partial charge in [0.15, 0.2) is 23.3 Å². The Kier molecular flexibility index (Phi) is 19.0. The Morgan fingerprint density at radius 2 is 1.14 bits per heavy atom. The number of morpholine rings is 2. The molecule has 348 valence electrons. The summed E-state index contributed by atoms with van der Waals surface area (Å²) >= 11 is 0. The molecule has 4 N–H and O–H groups in total. The number of ether oxygens (including phenoxy) is 2. The summed E-state index contributed by atoms with van der Waals surface area (Å²) in [6, 6.07) is 29.7. The quantitative estimate of drug-likeness (QED) is 0.0479. The number of benzene rings is 3. The third-order valence-electron chi connectivity index (χ3n) is 10.9. The first kappa shape index (κ1) is 48.5. The van der Waals surface area contributed by atoms with E-state index in [0.29, 0.717) is 53.6 Å². The number of nitrogens with zero attached hydrogens (tertiary/aromatic N) is 12. The van der Waals surface area contributed by atoms with Gasteiger partial charge in [-0.1, -0.05) is 66.7 Å². The second-order valence-electron chi connectivity index (χ2n) is 16.5. The van der Waals surface area contributed by atoms with Crippen LogP contribution in [0.1, 0.15) is 1.43 Å². The minimum Gasteiger partial charge on any atom is -0.393 e. The zero-order valence-corrected chi connectivity index (χ0v) is 38.9. The molecule has 2 fully saturated rings. The summed E-state index contributed by atoms with van der Waals surface area (Å²) < 4.78 is 12.8. The highest BCUT2D eigenvalue weighted by atomic mass is 16.5. The molecule has 0 bridgehead atoms. The van der Waals surface area contributed by atoms with Crippen LogP contribution in [0.4, 0.5) is 40.3 Å². The number of anilines is 4. The number of rotatable bonds is 20. The molecule has 4 heterocycles. The summed E-state index contributed by atoms with van der Waals surface area (Å²) in [5, 5.41) is 16.1. The van der Waals surface area contributed by atoms with Crippen LogP contribution in [-0.4, -0.2) is 191 Å². The van der Waals surface area contributed by atoms with E-state index in [-0.39, 0.29) is 1.43 Å². The first-order valence-electron chi connectivity index (χ1n) is 22.5. The third-order valence-corrected chi connectivity index (χ3v) is 10.9. The zero-order chi connectivity index (χ0) is 45.8. The van der Waals surface area contributed by atoms with Crippen molar-refractivity contribution in [3.8, 4) is 22.8 Å². The van der Waals surface area contributed by atoms with Crippen molar-refractivity contribution in [1.82, 2.24) is 39.5 Å². The Hall–Kier alpha value is -5.95. The molecule has 2 aliphatic heterocycles. The van der Waals surface area contributed by atoms with Crippen LogP contribution in [-0.2, 0) is 9.47 Å². The van der Waals surface area contributed by atoms with Gasteiger partial charge in [-0.05, 0) is 57.4 Å². The lowest BCUT2D eigenvalue weighted by atomic mass is 10.2. The highest BCUT2D eigenvalue weighted by Gasteiger charge is 2.26. The largest absolute Gasteiger partial charge is 0.393 e. The molecule has 0 atom stereocenters. The van der Waals surface area contributed by atoms with E-state index in [1.54, 1.807) is 0 Å². The molecule has 7 rings (SSSR count). The highest BCUT2D eigenvalue weighted by Crippen LogP contribution is 2.36. The van der Waals surface area contributed by atoms with Gasteiger partial charge in [-0.2, -0.15) is 10.1 Å². The Morgan fingerprint density at radius 3 is 1.68 bits per heavy atom. The minimum absolute atomic E-state index is 0. The molecule has 2 aromatic heterocycles. The molecule has 0 spiro atoms. The number of hydrogen-bond donors (Lipinski definition) is 3. The molecule has 5 aromatic rings. The summed E-state index contributed by atoms with van der Waals surface area (Å²) in [7, 11) is 10.2. The van der Waals surface area contributed by atoms with Crippen LogP contribution in [0.15, 0.2) is 101 Å². The van der Waals surface area contributed by atoms with Crippen LogP contribution in [0.3, 0.4) is 0 Å². The number of azo groups is 1. The number of nitrogens with one attached hydrogen (secondary N) is 2. The van der Waals surface area contributed by atoms with Crippen molar-refractivity contribution >= 4 is 47.1 Å². The number of nitrogens with two attached hydrogens (primary N) is 1. The summed E-state index contributed by atoms with van der Waals surface area (Å²) in [6.07, 6.45) is 0. The Labute approximate surface area is 386 Å². The van der Waals surface area contributed by atoms with Crippen LogP contribution in [0.25, 0.3) is 22.8 Å². The second-order valence-corrected chi connectivity index (χ2v) is 16.5. The molecule has 0 radical (unpaired) electrons. The van der Waals surface area contributed by atoms with Crippen LogP contribution in [0, 0.1) is 0 Å². The first-order chi connectivity index (χ1) is 31.6. The third kappa shape index (κ3) is 15.3. The molecule has 17 heteroatoms. The second kappa shape index (κ2) is 25.5. The maximum absolute atomic E-state index is 6.48. The molecule has 2 aliphatic rings. The van der Waals surface area contributed by atoms with E-state index >= 15 is 0 Å². The van der Waals surface area contributed by atoms with Crippen molar-refractivity contribution in [1.29, 1.82) is 0 Å². The van der Waals surface area contributed by atoms with Gasteiger partial charge in [0.1, 0.15) is 12.2 Å². The van der Waals surface area contributed by atoms with E-state index in [0.717, 1.165) is 115 Å². The lowest BCUT2D eigenvalue weighted by molar-refractivity contribution is -0.434. The normalized spacial score (nSPS) is 14.6. The number of nitrogen functional groups attached to an aromatic ring is 1. The van der Waals surface area contributed by atoms with Crippen molar-refractivity contribution in [2.24, 2.45) is 10.2 Å². The average Bonchev–Trinajstić information content (AvgIpc) is 3.34. The van der Waals surface area contributed by atoms with E-state index in [4.69, 9.17) is 35.1 Å². The number of hydrogen-bond acceptors (Lipinski definition) is 16. The minimum atomic E-state index is 0. The molecular formula is C48H70N15O2+. The lowest BCUT2D eigenvalue weighted by Gasteiger charge is -2.27. The molecular weight excluding hydrogens is 819 g/mol. The fourth-order valence-electron chi connectivity index (χ4n) is 6.99. The highest BCUT2D eigenvalue weighted by molar-refractivity contribution is 5.78. The topological polar surface area (TPSA) is 164 Å². The number of likely N-dealkylation sites (N-methyl/N-ethyl adjacent to an activating group) is 3. The van der Waals surface area contributed by atoms with Gasteiger partial charge in [0.05, 0.1) is 38.8 Å². The maximum Gasteiger partial charge on any atom is 0.356 e. The summed E-state index contributed by atoms with van der Waals surface area (Å²) in [5.41, 5.74) is 10.3. The first-order valence-corrected chi connectivity index (χ1v) is 22.5. The predicted molar refractivity (Wildman–Crippen MR) is 266 cm³/mol. The lowest BCUT2D eigenvalue weighted by Crippen LogP contribution is -2.39. The SMILES string of the molecule is C=[N+](CCN(C)C)c1nc(-c2ccccc2)nc(NCCN2CCOCC2)c1N=Nc1ccccc1.CN(C)CCN(C)c1nc(-c2ccccc2)nc(NCCN2CCOCC2)c1N.[HH]. The average molecular weight is 889 g/mol. The Morgan fingerprint density at radius 1 is 0.646 bits per heavy atom. The van der Waals surface area contributed by atoms with E-state index in [9.17, 15) is 0 Å². The van der Waals surface area contributed by atoms with Gasteiger partial charge in [0.25, 0.3) is 5.82 Å². The summed E-state index contributed by atoms with van der Waals surface area (Å²) in [4.78, 5) is 30.4. The predicted octanol–water partition coefficient (Wildman–Crippen LogP) is 5.92. The van der Waals surface area contributed by atoms with Crippen molar-refractivity contribution < 1.29 is 15.5 Å². The fraction of sp³-hybridized carbons (Fsp3) is 0.438. The van der Waals surface area contributed by atoms with Crippen LogP contribution in [0.5, 0.6) is 0 Å². The Bertz CT molecular complexity index is 2220. The molecule has 0 unspecified atom stereocenters. The van der Waals surface area contributed by atoms with Gasteiger partial charge in [-0.25, -0.2) is 14.5 Å². The molecule has 3 aromatic carbocycles. The van der Waals surface area contributed by atoms with Gasteiger partial charge in [-0.3, -0.25) is 9.80 Å². The molecule has 2 saturated heterocycles. The van der Waals surface area contributed by atoms with Crippen molar-refractivity contribution in [3.63, 3.8) is 0 Å². The van der Waals surface area contributed by atoms with Gasteiger partial charge >= 0.3 is 5.82 Å². The van der Waals surface area contributed by atoms with Gasteiger partial charge in [0.2, 0.25) is 5.69 Å². The van der Waals surface area contributed by atoms with Gasteiger partial charge in [-0.15, -0.1) is 5.11 Å². The molecule has 17 nitrogen and oxygen atoms in total. The van der Waals surface area contributed by atoms with Crippen molar-refractivity contribution in [3.05, 3.63) is 91.0 Å². The van der Waals surface area contributed by atoms with E-state index < -0.39 is 0 Å². The molecule has 65 heavy (non-hydrogen) atoms. The zero-order valence-electron chi connectivity index (χ0n) is 38.9. The Balaban J connectivity index is 0.000000249.